The van der Waals surface area contributed by atoms with Gasteiger partial charge in [0.25, 0.3) is 0 Å². The molecule has 0 amide bonds. The third kappa shape index (κ3) is 4.14. The van der Waals surface area contributed by atoms with Gasteiger partial charge >= 0.3 is 11.9 Å². The van der Waals surface area contributed by atoms with E-state index < -0.39 is 40.9 Å². The Morgan fingerprint density at radius 2 is 1.88 bits per heavy atom. The van der Waals surface area contributed by atoms with Crippen LogP contribution in [0.1, 0.15) is 17.5 Å². The van der Waals surface area contributed by atoms with Gasteiger partial charge in [-0.25, -0.2) is 13.2 Å². The summed E-state index contributed by atoms with van der Waals surface area (Å²) >= 11 is 0. The Hall–Kier alpha value is -2.92. The lowest BCUT2D eigenvalue weighted by atomic mass is 10.2. The summed E-state index contributed by atoms with van der Waals surface area (Å²) in [6, 6.07) is 3.43. The Kier molecular flexibility index (Phi) is 5.09. The number of carboxylic acids is 2. The van der Waals surface area contributed by atoms with Crippen molar-refractivity contribution in [1.29, 1.82) is 0 Å². The fourth-order valence-corrected chi connectivity index (χ4v) is 3.13. The van der Waals surface area contributed by atoms with E-state index in [1.807, 2.05) is 4.72 Å². The van der Waals surface area contributed by atoms with Gasteiger partial charge in [0.05, 0.1) is 4.90 Å². The topological polar surface area (TPSA) is 160 Å². The Bertz CT molecular complexity index is 958. The minimum Gasteiger partial charge on any atom is -0.480 e. The summed E-state index contributed by atoms with van der Waals surface area (Å²) in [4.78, 5) is 32.4. The van der Waals surface area contributed by atoms with Gasteiger partial charge in [0.15, 0.2) is 29.5 Å². The molecule has 0 aliphatic rings. The molecule has 0 aliphatic heterocycles. The van der Waals surface area contributed by atoms with E-state index in [0.717, 1.165) is 12.1 Å². The van der Waals surface area contributed by atoms with Crippen LogP contribution in [0.4, 0.5) is 0 Å². The molecule has 10 nitrogen and oxygen atoms in total. The van der Waals surface area contributed by atoms with Crippen LogP contribution in [0.25, 0.3) is 11.0 Å². The average Bonchev–Trinajstić information content (AvgIpc) is 2.95. The molecule has 0 unspecified atom stereocenters. The van der Waals surface area contributed by atoms with Crippen molar-refractivity contribution in [3.63, 3.8) is 0 Å². The molecule has 1 heterocycles. The molecule has 0 bridgehead atoms. The van der Waals surface area contributed by atoms with Crippen molar-refractivity contribution in [2.75, 3.05) is 13.2 Å². The van der Waals surface area contributed by atoms with E-state index >= 15 is 0 Å². The standard InChI is InChI=1S/C14H13NO9S/c1-7(16)10-4-8-11(25(21,22)15-5-12(17)18)3-2-9(14(8)24-10)23-6-13(19)20/h2-4,15H,5-6H2,1H3,(H,17,18)(H,19,20). The number of ether oxygens (including phenoxy) is 1. The molecule has 3 N–H and O–H groups in total. The highest BCUT2D eigenvalue weighted by atomic mass is 32.2. The number of hydrogen-bond donors (Lipinski definition) is 3. The first-order chi connectivity index (χ1) is 11.6. The van der Waals surface area contributed by atoms with Gasteiger partial charge in [-0.1, -0.05) is 0 Å². The molecule has 0 saturated heterocycles. The molecular weight excluding hydrogens is 358 g/mol. The molecule has 134 valence electrons. The Balaban J connectivity index is 2.58. The number of carbonyl (C=O) groups is 3. The van der Waals surface area contributed by atoms with E-state index in [2.05, 4.69) is 0 Å². The number of benzene rings is 1. The van der Waals surface area contributed by atoms with Crippen LogP contribution in [0.3, 0.4) is 0 Å². The number of carbonyl (C=O) groups excluding carboxylic acids is 1. The summed E-state index contributed by atoms with van der Waals surface area (Å²) in [5, 5.41) is 17.3. The van der Waals surface area contributed by atoms with Crippen molar-refractivity contribution in [1.82, 2.24) is 4.72 Å². The van der Waals surface area contributed by atoms with Gasteiger partial charge in [-0.15, -0.1) is 0 Å². The fourth-order valence-electron chi connectivity index (χ4n) is 1.97. The maximum absolute atomic E-state index is 12.3. The Labute approximate surface area is 141 Å². The van der Waals surface area contributed by atoms with Crippen LogP contribution in [0.15, 0.2) is 27.5 Å². The minimum absolute atomic E-state index is 0.0361. The van der Waals surface area contributed by atoms with Crippen LogP contribution in [-0.2, 0) is 19.6 Å². The molecule has 2 aromatic rings. The normalized spacial score (nSPS) is 11.4. The average molecular weight is 371 g/mol. The first kappa shape index (κ1) is 18.4. The van der Waals surface area contributed by atoms with E-state index in [-0.39, 0.29) is 27.4 Å². The van der Waals surface area contributed by atoms with E-state index in [1.165, 1.54) is 13.0 Å². The van der Waals surface area contributed by atoms with Gasteiger partial charge in [0, 0.05) is 12.3 Å². The van der Waals surface area contributed by atoms with Crippen molar-refractivity contribution in [2.45, 2.75) is 11.8 Å². The van der Waals surface area contributed by atoms with Crippen LogP contribution < -0.4 is 9.46 Å². The molecule has 0 spiro atoms. The fraction of sp³-hybridized carbons (Fsp3) is 0.214. The van der Waals surface area contributed by atoms with Gasteiger partial charge in [0.1, 0.15) is 6.54 Å². The maximum atomic E-state index is 12.3. The second-order valence-corrected chi connectivity index (χ2v) is 6.61. The molecule has 0 aliphatic carbocycles. The molecular formula is C14H13NO9S. The minimum atomic E-state index is -4.22. The number of sulfonamides is 1. The van der Waals surface area contributed by atoms with Crippen molar-refractivity contribution in [3.8, 4) is 5.75 Å². The zero-order chi connectivity index (χ0) is 18.8. The third-order valence-corrected chi connectivity index (χ3v) is 4.47. The molecule has 25 heavy (non-hydrogen) atoms. The number of carboxylic acid groups (broad SMARTS) is 2. The van der Waals surface area contributed by atoms with Crippen LogP contribution >= 0.6 is 0 Å². The number of nitrogens with one attached hydrogen (secondary N) is 1. The summed E-state index contributed by atoms with van der Waals surface area (Å²) in [6.07, 6.45) is 0. The number of rotatable bonds is 8. The summed E-state index contributed by atoms with van der Waals surface area (Å²) in [5.41, 5.74) is -0.135. The van der Waals surface area contributed by atoms with Gasteiger partial charge in [0.2, 0.25) is 10.0 Å². The first-order valence-electron chi connectivity index (χ1n) is 6.75. The number of hydrogen-bond acceptors (Lipinski definition) is 7. The van der Waals surface area contributed by atoms with E-state index in [4.69, 9.17) is 19.4 Å². The molecule has 0 saturated carbocycles. The van der Waals surface area contributed by atoms with E-state index in [0.29, 0.717) is 0 Å². The van der Waals surface area contributed by atoms with Crippen LogP contribution in [0.2, 0.25) is 0 Å². The van der Waals surface area contributed by atoms with Crippen LogP contribution in [0.5, 0.6) is 5.75 Å². The predicted molar refractivity (Wildman–Crippen MR) is 82.2 cm³/mol. The maximum Gasteiger partial charge on any atom is 0.341 e. The Morgan fingerprint density at radius 1 is 1.20 bits per heavy atom. The SMILES string of the molecule is CC(=O)c1cc2c(S(=O)(=O)NCC(=O)O)ccc(OCC(=O)O)c2o1. The zero-order valence-corrected chi connectivity index (χ0v) is 13.6. The molecule has 1 aromatic carbocycles. The second kappa shape index (κ2) is 6.91. The second-order valence-electron chi connectivity index (χ2n) is 4.87. The van der Waals surface area contributed by atoms with Crippen LogP contribution in [0, 0.1) is 0 Å². The number of fused-ring (bicyclic) bond motifs is 1. The number of ketones is 1. The molecule has 1 aromatic heterocycles. The van der Waals surface area contributed by atoms with Crippen molar-refractivity contribution in [2.24, 2.45) is 0 Å². The molecule has 0 atom stereocenters. The highest BCUT2D eigenvalue weighted by Crippen LogP contribution is 2.34. The van der Waals surface area contributed by atoms with E-state index in [9.17, 15) is 22.8 Å². The highest BCUT2D eigenvalue weighted by Gasteiger charge is 2.24. The highest BCUT2D eigenvalue weighted by molar-refractivity contribution is 7.89. The van der Waals surface area contributed by atoms with Crippen molar-refractivity contribution < 1.29 is 42.2 Å². The molecule has 11 heteroatoms. The lowest BCUT2D eigenvalue weighted by molar-refractivity contribution is -0.139. The summed E-state index contributed by atoms with van der Waals surface area (Å²) in [6.45, 7) is -0.334. The third-order valence-electron chi connectivity index (χ3n) is 3.01. The monoisotopic (exact) mass is 371 g/mol. The quantitative estimate of drug-likeness (QED) is 0.560. The number of Topliss-reactive ketones (excluding diaryl/α,β-unsaturated/α-hetero) is 1. The van der Waals surface area contributed by atoms with E-state index in [1.54, 1.807) is 0 Å². The molecule has 2 rings (SSSR count). The largest absolute Gasteiger partial charge is 0.480 e. The first-order valence-corrected chi connectivity index (χ1v) is 8.23. The predicted octanol–water partition coefficient (Wildman–Crippen LogP) is 0.462. The van der Waals surface area contributed by atoms with Crippen molar-refractivity contribution in [3.05, 3.63) is 24.0 Å². The zero-order valence-electron chi connectivity index (χ0n) is 12.8. The summed E-state index contributed by atoms with van der Waals surface area (Å²) < 4.78 is 36.7. The lowest BCUT2D eigenvalue weighted by Gasteiger charge is -2.08. The number of aliphatic carboxylic acids is 2. The van der Waals surface area contributed by atoms with Gasteiger partial charge in [-0.2, -0.15) is 4.72 Å². The molecule has 0 fully saturated rings. The van der Waals surface area contributed by atoms with Gasteiger partial charge in [-0.3, -0.25) is 9.59 Å². The van der Waals surface area contributed by atoms with Crippen LogP contribution in [-0.4, -0.2) is 49.5 Å². The van der Waals surface area contributed by atoms with Crippen molar-refractivity contribution >= 4 is 38.7 Å². The summed E-state index contributed by atoms with van der Waals surface area (Å²) in [7, 11) is -4.22. The molecule has 0 radical (unpaired) electrons. The van der Waals surface area contributed by atoms with Gasteiger partial charge in [-0.05, 0) is 18.2 Å². The lowest BCUT2D eigenvalue weighted by Crippen LogP contribution is -2.29. The Morgan fingerprint density at radius 3 is 2.44 bits per heavy atom. The number of furan rings is 1. The smallest absolute Gasteiger partial charge is 0.341 e. The van der Waals surface area contributed by atoms with Gasteiger partial charge < -0.3 is 19.4 Å². The summed E-state index contributed by atoms with van der Waals surface area (Å²) in [5.74, 6) is -3.34.